The number of benzene rings is 1. The van der Waals surface area contributed by atoms with Crippen molar-refractivity contribution in [3.05, 3.63) is 48.4 Å². The van der Waals surface area contributed by atoms with Gasteiger partial charge in [0.15, 0.2) is 0 Å². The normalized spacial score (nSPS) is 22.0. The van der Waals surface area contributed by atoms with Crippen molar-refractivity contribution in [1.29, 1.82) is 0 Å². The molecule has 1 fully saturated rings. The lowest BCUT2D eigenvalue weighted by atomic mass is 9.80. The number of carboxylic acids is 1. The van der Waals surface area contributed by atoms with Crippen molar-refractivity contribution in [2.45, 2.75) is 12.8 Å². The van der Waals surface area contributed by atoms with E-state index < -0.39 is 11.4 Å². The summed E-state index contributed by atoms with van der Waals surface area (Å²) in [5, 5.41) is 9.48. The van der Waals surface area contributed by atoms with Crippen LogP contribution in [0.25, 0.3) is 11.1 Å². The molecular weight excluding hydrogens is 256 g/mol. The molecule has 1 saturated heterocycles. The monoisotopic (exact) mass is 272 g/mol. The third-order valence-electron chi connectivity index (χ3n) is 3.88. The molecule has 1 aliphatic heterocycles. The Morgan fingerprint density at radius 3 is 2.85 bits per heavy atom. The predicted octanol–water partition coefficient (Wildman–Crippen LogP) is 2.98. The van der Waals surface area contributed by atoms with Gasteiger partial charge in [-0.2, -0.15) is 0 Å². The maximum Gasteiger partial charge on any atom is 0.312 e. The molecule has 0 aliphatic carbocycles. The minimum atomic E-state index is -0.783. The van der Waals surface area contributed by atoms with Gasteiger partial charge in [-0.25, -0.2) is 0 Å². The number of carbonyl (C=O) groups is 1. The van der Waals surface area contributed by atoms with Gasteiger partial charge in [0.05, 0.1) is 24.5 Å². The highest BCUT2D eigenvalue weighted by molar-refractivity contribution is 5.76. The van der Waals surface area contributed by atoms with Gasteiger partial charge >= 0.3 is 5.97 Å². The second-order valence-corrected chi connectivity index (χ2v) is 5.28. The van der Waals surface area contributed by atoms with E-state index in [1.54, 1.807) is 12.5 Å². The summed E-state index contributed by atoms with van der Waals surface area (Å²) < 4.78 is 10.4. The zero-order chi connectivity index (χ0) is 14.0. The van der Waals surface area contributed by atoms with Crippen LogP contribution in [-0.4, -0.2) is 24.3 Å². The van der Waals surface area contributed by atoms with Crippen LogP contribution in [0.1, 0.15) is 12.0 Å². The standard InChI is InChI=1S/C16H16O4/c17-15(18)16(5-7-20-11-16)9-12-2-1-3-13(8-12)14-4-6-19-10-14/h1-4,6,8,10H,5,7,9,11H2,(H,17,18). The molecule has 1 unspecified atom stereocenters. The molecule has 20 heavy (non-hydrogen) atoms. The first-order valence-electron chi connectivity index (χ1n) is 6.62. The van der Waals surface area contributed by atoms with Crippen molar-refractivity contribution >= 4 is 5.97 Å². The average Bonchev–Trinajstić information content (AvgIpc) is 3.10. The molecule has 0 radical (unpaired) electrons. The lowest BCUT2D eigenvalue weighted by Gasteiger charge is -2.22. The van der Waals surface area contributed by atoms with Crippen LogP contribution < -0.4 is 0 Å². The van der Waals surface area contributed by atoms with Crippen LogP contribution >= 0.6 is 0 Å². The second-order valence-electron chi connectivity index (χ2n) is 5.28. The molecule has 3 rings (SSSR count). The molecule has 1 aromatic carbocycles. The van der Waals surface area contributed by atoms with Crippen LogP contribution in [0.5, 0.6) is 0 Å². The summed E-state index contributed by atoms with van der Waals surface area (Å²) in [4.78, 5) is 11.5. The first kappa shape index (κ1) is 12.9. The first-order valence-corrected chi connectivity index (χ1v) is 6.62. The molecule has 1 aromatic heterocycles. The van der Waals surface area contributed by atoms with Gasteiger partial charge in [-0.05, 0) is 30.0 Å². The average molecular weight is 272 g/mol. The second kappa shape index (κ2) is 5.13. The third-order valence-corrected chi connectivity index (χ3v) is 3.88. The van der Waals surface area contributed by atoms with Crippen LogP contribution in [0.2, 0.25) is 0 Å². The molecule has 104 valence electrons. The van der Waals surface area contributed by atoms with Gasteiger partial charge in [-0.3, -0.25) is 4.79 Å². The molecule has 4 heteroatoms. The number of rotatable bonds is 4. The number of furan rings is 1. The lowest BCUT2D eigenvalue weighted by molar-refractivity contribution is -0.148. The SMILES string of the molecule is O=C(O)C1(Cc2cccc(-c3ccoc3)c2)CCOC1. The molecule has 1 atom stereocenters. The summed E-state index contributed by atoms with van der Waals surface area (Å²) >= 11 is 0. The molecule has 0 amide bonds. The van der Waals surface area contributed by atoms with E-state index in [2.05, 4.69) is 0 Å². The Bertz CT molecular complexity index is 595. The summed E-state index contributed by atoms with van der Waals surface area (Å²) in [5.74, 6) is -0.774. The van der Waals surface area contributed by atoms with E-state index in [1.165, 1.54) is 0 Å². The highest BCUT2D eigenvalue weighted by Gasteiger charge is 2.42. The van der Waals surface area contributed by atoms with E-state index in [1.807, 2.05) is 30.3 Å². The summed E-state index contributed by atoms with van der Waals surface area (Å²) in [7, 11) is 0. The number of hydrogen-bond donors (Lipinski definition) is 1. The fourth-order valence-electron chi connectivity index (χ4n) is 2.67. The lowest BCUT2D eigenvalue weighted by Crippen LogP contribution is -2.33. The Labute approximate surface area is 117 Å². The van der Waals surface area contributed by atoms with Crippen LogP contribution in [0.4, 0.5) is 0 Å². The largest absolute Gasteiger partial charge is 0.481 e. The topological polar surface area (TPSA) is 59.7 Å². The van der Waals surface area contributed by atoms with Crippen LogP contribution in [0.15, 0.2) is 47.3 Å². The highest BCUT2D eigenvalue weighted by Crippen LogP contribution is 2.34. The van der Waals surface area contributed by atoms with Gasteiger partial charge in [0.1, 0.15) is 0 Å². The first-order chi connectivity index (χ1) is 9.70. The number of ether oxygens (including phenoxy) is 1. The zero-order valence-corrected chi connectivity index (χ0v) is 11.0. The molecule has 4 nitrogen and oxygen atoms in total. The van der Waals surface area contributed by atoms with Crippen molar-refractivity contribution in [2.75, 3.05) is 13.2 Å². The van der Waals surface area contributed by atoms with Crippen molar-refractivity contribution in [1.82, 2.24) is 0 Å². The van der Waals surface area contributed by atoms with Crippen LogP contribution in [0, 0.1) is 5.41 Å². The van der Waals surface area contributed by atoms with Crippen molar-refractivity contribution < 1.29 is 19.1 Å². The van der Waals surface area contributed by atoms with Crippen molar-refractivity contribution in [2.24, 2.45) is 5.41 Å². The van der Waals surface area contributed by atoms with Gasteiger partial charge in [0.2, 0.25) is 0 Å². The molecule has 0 spiro atoms. The van der Waals surface area contributed by atoms with Gasteiger partial charge in [0, 0.05) is 12.2 Å². The van der Waals surface area contributed by atoms with Gasteiger partial charge in [0.25, 0.3) is 0 Å². The Morgan fingerprint density at radius 1 is 1.30 bits per heavy atom. The molecule has 0 saturated carbocycles. The Morgan fingerprint density at radius 2 is 2.20 bits per heavy atom. The van der Waals surface area contributed by atoms with Gasteiger partial charge < -0.3 is 14.3 Å². The van der Waals surface area contributed by atoms with Crippen LogP contribution in [0.3, 0.4) is 0 Å². The number of hydrogen-bond acceptors (Lipinski definition) is 3. The third kappa shape index (κ3) is 2.34. The minimum absolute atomic E-state index is 0.290. The molecular formula is C16H16O4. The van der Waals surface area contributed by atoms with E-state index in [-0.39, 0.29) is 6.61 Å². The highest BCUT2D eigenvalue weighted by atomic mass is 16.5. The predicted molar refractivity (Wildman–Crippen MR) is 73.4 cm³/mol. The summed E-state index contributed by atoms with van der Waals surface area (Å²) in [6.45, 7) is 0.812. The summed E-state index contributed by atoms with van der Waals surface area (Å²) in [6, 6.07) is 9.82. The fourth-order valence-corrected chi connectivity index (χ4v) is 2.67. The zero-order valence-electron chi connectivity index (χ0n) is 11.0. The molecule has 2 aromatic rings. The Balaban J connectivity index is 1.87. The van der Waals surface area contributed by atoms with E-state index in [0.717, 1.165) is 16.7 Å². The van der Waals surface area contributed by atoms with Crippen molar-refractivity contribution in [3.8, 4) is 11.1 Å². The summed E-state index contributed by atoms with van der Waals surface area (Å²) in [5.41, 5.74) is 2.26. The molecule has 1 aliphatic rings. The maximum absolute atomic E-state index is 11.5. The quantitative estimate of drug-likeness (QED) is 0.929. The summed E-state index contributed by atoms with van der Waals surface area (Å²) in [6.07, 6.45) is 4.38. The Hall–Kier alpha value is -2.07. The van der Waals surface area contributed by atoms with E-state index in [0.29, 0.717) is 19.4 Å². The van der Waals surface area contributed by atoms with E-state index >= 15 is 0 Å². The maximum atomic E-state index is 11.5. The Kier molecular flexibility index (Phi) is 3.32. The number of carboxylic acid groups (broad SMARTS) is 1. The van der Waals surface area contributed by atoms with E-state index in [9.17, 15) is 9.90 Å². The number of aliphatic carboxylic acids is 1. The fraction of sp³-hybridized carbons (Fsp3) is 0.312. The van der Waals surface area contributed by atoms with E-state index in [4.69, 9.17) is 9.15 Å². The minimum Gasteiger partial charge on any atom is -0.481 e. The van der Waals surface area contributed by atoms with Crippen molar-refractivity contribution in [3.63, 3.8) is 0 Å². The molecule has 1 N–H and O–H groups in total. The smallest absolute Gasteiger partial charge is 0.312 e. The molecule has 2 heterocycles. The van der Waals surface area contributed by atoms with Gasteiger partial charge in [-0.15, -0.1) is 0 Å². The molecule has 0 bridgehead atoms. The van der Waals surface area contributed by atoms with Crippen LogP contribution in [-0.2, 0) is 16.0 Å². The van der Waals surface area contributed by atoms with Gasteiger partial charge in [-0.1, -0.05) is 24.3 Å².